The molecule has 27 heavy (non-hydrogen) atoms. The largest absolute Gasteiger partial charge is 0.368 e. The van der Waals surface area contributed by atoms with Crippen LogP contribution in [0.4, 0.5) is 5.69 Å². The third kappa shape index (κ3) is 2.98. The molecule has 1 saturated heterocycles. The van der Waals surface area contributed by atoms with E-state index in [0.29, 0.717) is 6.61 Å². The van der Waals surface area contributed by atoms with Crippen molar-refractivity contribution in [1.82, 2.24) is 0 Å². The number of amides is 1. The first-order valence-corrected chi connectivity index (χ1v) is 9.95. The Balaban J connectivity index is 1.84. The van der Waals surface area contributed by atoms with Crippen molar-refractivity contribution in [2.45, 2.75) is 64.0 Å². The van der Waals surface area contributed by atoms with Crippen LogP contribution in [0.3, 0.4) is 0 Å². The van der Waals surface area contributed by atoms with Crippen molar-refractivity contribution < 1.29 is 9.53 Å². The van der Waals surface area contributed by atoms with Crippen LogP contribution in [0.1, 0.15) is 56.7 Å². The summed E-state index contributed by atoms with van der Waals surface area (Å²) in [6.07, 6.45) is 2.36. The monoisotopic (exact) mass is 363 g/mol. The SMILES string of the molecule is Cc1ccc([C@@]2(C)CC(C)(C)N(C(=O)[C@H]3CCCO3)c3ccccc32)cc1. The number of ether oxygens (including phenoxy) is 1. The number of nitrogens with zero attached hydrogens (tertiary/aromatic N) is 1. The number of hydrogen-bond acceptors (Lipinski definition) is 2. The number of rotatable bonds is 2. The Hall–Kier alpha value is -2.13. The molecular formula is C24H29NO2. The van der Waals surface area contributed by atoms with E-state index in [1.54, 1.807) is 0 Å². The molecule has 0 spiro atoms. The summed E-state index contributed by atoms with van der Waals surface area (Å²) in [7, 11) is 0. The van der Waals surface area contributed by atoms with Crippen molar-refractivity contribution in [3.8, 4) is 0 Å². The predicted octanol–water partition coefficient (Wildman–Crippen LogP) is 5.00. The number of fused-ring (bicyclic) bond motifs is 1. The maximum Gasteiger partial charge on any atom is 0.256 e. The van der Waals surface area contributed by atoms with Crippen LogP contribution in [0.25, 0.3) is 0 Å². The minimum Gasteiger partial charge on any atom is -0.368 e. The smallest absolute Gasteiger partial charge is 0.256 e. The molecule has 142 valence electrons. The number of hydrogen-bond donors (Lipinski definition) is 0. The van der Waals surface area contributed by atoms with Crippen molar-refractivity contribution in [1.29, 1.82) is 0 Å². The van der Waals surface area contributed by atoms with E-state index in [2.05, 4.69) is 70.2 Å². The molecule has 2 atom stereocenters. The van der Waals surface area contributed by atoms with Gasteiger partial charge in [-0.25, -0.2) is 0 Å². The summed E-state index contributed by atoms with van der Waals surface area (Å²) in [5.41, 5.74) is 4.38. The highest BCUT2D eigenvalue weighted by molar-refractivity contribution is 5.99. The standard InChI is InChI=1S/C24H29NO2/c1-17-11-13-18(14-12-17)24(4)16-23(2,3)25(20-9-6-5-8-19(20)24)22(26)21-10-7-15-27-21/h5-6,8-9,11-14,21H,7,10,15-16H2,1-4H3/t21-,24-/m1/s1. The van der Waals surface area contributed by atoms with Crippen molar-refractivity contribution in [2.24, 2.45) is 0 Å². The van der Waals surface area contributed by atoms with Gasteiger partial charge in [-0.2, -0.15) is 0 Å². The number of aryl methyl sites for hydroxylation is 1. The van der Waals surface area contributed by atoms with Crippen LogP contribution in [0.5, 0.6) is 0 Å². The van der Waals surface area contributed by atoms with Crippen LogP contribution in [-0.2, 0) is 14.9 Å². The highest BCUT2D eigenvalue weighted by Gasteiger charge is 2.49. The van der Waals surface area contributed by atoms with Crippen molar-refractivity contribution in [2.75, 3.05) is 11.5 Å². The van der Waals surface area contributed by atoms with Gasteiger partial charge in [-0.15, -0.1) is 0 Å². The van der Waals surface area contributed by atoms with Gasteiger partial charge in [-0.1, -0.05) is 55.0 Å². The highest BCUT2D eigenvalue weighted by Crippen LogP contribution is 2.50. The molecule has 0 aromatic heterocycles. The van der Waals surface area contributed by atoms with E-state index in [4.69, 9.17) is 4.74 Å². The molecule has 2 aromatic rings. The minimum atomic E-state index is -0.305. The zero-order chi connectivity index (χ0) is 19.2. The molecular weight excluding hydrogens is 334 g/mol. The number of anilines is 1. The summed E-state index contributed by atoms with van der Waals surface area (Å²) >= 11 is 0. The molecule has 2 heterocycles. The lowest BCUT2D eigenvalue weighted by atomic mass is 9.65. The first-order chi connectivity index (χ1) is 12.8. The quantitative estimate of drug-likeness (QED) is 0.752. The number of para-hydroxylation sites is 1. The second kappa shape index (κ2) is 6.49. The molecule has 3 nitrogen and oxygen atoms in total. The molecule has 2 aliphatic heterocycles. The Bertz CT molecular complexity index is 849. The normalized spacial score (nSPS) is 26.7. The van der Waals surface area contributed by atoms with Crippen LogP contribution in [0.15, 0.2) is 48.5 Å². The van der Waals surface area contributed by atoms with Crippen LogP contribution in [-0.4, -0.2) is 24.2 Å². The first kappa shape index (κ1) is 18.2. The predicted molar refractivity (Wildman–Crippen MR) is 109 cm³/mol. The van der Waals surface area contributed by atoms with Crippen LogP contribution < -0.4 is 4.90 Å². The molecule has 0 bridgehead atoms. The first-order valence-electron chi connectivity index (χ1n) is 9.95. The molecule has 1 amide bonds. The van der Waals surface area contributed by atoms with Gasteiger partial charge in [0.15, 0.2) is 0 Å². The lowest BCUT2D eigenvalue weighted by molar-refractivity contribution is -0.128. The molecule has 0 unspecified atom stereocenters. The maximum absolute atomic E-state index is 13.4. The minimum absolute atomic E-state index is 0.107. The zero-order valence-corrected chi connectivity index (χ0v) is 16.8. The second-order valence-corrected chi connectivity index (χ2v) is 8.88. The van der Waals surface area contributed by atoms with E-state index in [1.807, 2.05) is 11.0 Å². The number of benzene rings is 2. The van der Waals surface area contributed by atoms with Gasteiger partial charge in [0.25, 0.3) is 5.91 Å². The van der Waals surface area contributed by atoms with Gasteiger partial charge in [-0.05, 0) is 57.2 Å². The molecule has 1 fully saturated rings. The van der Waals surface area contributed by atoms with Crippen LogP contribution in [0, 0.1) is 6.92 Å². The molecule has 0 aliphatic carbocycles. The molecule has 2 aromatic carbocycles. The summed E-state index contributed by atoms with van der Waals surface area (Å²) < 4.78 is 5.73. The maximum atomic E-state index is 13.4. The molecule has 0 N–H and O–H groups in total. The fourth-order valence-electron chi connectivity index (χ4n) is 5.01. The Labute approximate surface area is 162 Å². The van der Waals surface area contributed by atoms with E-state index in [9.17, 15) is 4.79 Å². The average molecular weight is 364 g/mol. The van der Waals surface area contributed by atoms with Crippen molar-refractivity contribution in [3.63, 3.8) is 0 Å². The summed E-state index contributed by atoms with van der Waals surface area (Å²) in [6, 6.07) is 17.2. The van der Waals surface area contributed by atoms with Crippen molar-refractivity contribution >= 4 is 11.6 Å². The summed E-state index contributed by atoms with van der Waals surface area (Å²) in [5.74, 6) is 0.107. The fourth-order valence-corrected chi connectivity index (χ4v) is 5.01. The van der Waals surface area contributed by atoms with Gasteiger partial charge >= 0.3 is 0 Å². The Morgan fingerprint density at radius 1 is 1.07 bits per heavy atom. The van der Waals surface area contributed by atoms with Crippen molar-refractivity contribution in [3.05, 3.63) is 65.2 Å². The van der Waals surface area contributed by atoms with Gasteiger partial charge in [0.2, 0.25) is 0 Å². The number of carbonyl (C=O) groups is 1. The number of carbonyl (C=O) groups excluding carboxylic acids is 1. The third-order valence-corrected chi connectivity index (χ3v) is 6.25. The second-order valence-electron chi connectivity index (χ2n) is 8.88. The molecule has 4 rings (SSSR count). The summed E-state index contributed by atoms with van der Waals surface area (Å²) in [4.78, 5) is 15.4. The van der Waals surface area contributed by atoms with Gasteiger partial charge in [0.05, 0.1) is 0 Å². The molecule has 2 aliphatic rings. The summed E-state index contributed by atoms with van der Waals surface area (Å²) in [5, 5.41) is 0. The molecule has 0 saturated carbocycles. The van der Waals surface area contributed by atoms with E-state index >= 15 is 0 Å². The van der Waals surface area contributed by atoms with E-state index in [0.717, 1.165) is 24.9 Å². The highest BCUT2D eigenvalue weighted by atomic mass is 16.5. The van der Waals surface area contributed by atoms with E-state index < -0.39 is 0 Å². The molecule has 0 radical (unpaired) electrons. The van der Waals surface area contributed by atoms with E-state index in [1.165, 1.54) is 16.7 Å². The van der Waals surface area contributed by atoms with Crippen LogP contribution in [0.2, 0.25) is 0 Å². The van der Waals surface area contributed by atoms with Gasteiger partial charge in [-0.3, -0.25) is 4.79 Å². The Morgan fingerprint density at radius 2 is 1.78 bits per heavy atom. The van der Waals surface area contributed by atoms with Gasteiger partial charge in [0, 0.05) is 23.2 Å². The topological polar surface area (TPSA) is 29.5 Å². The molecule has 3 heteroatoms. The zero-order valence-electron chi connectivity index (χ0n) is 16.8. The fraction of sp³-hybridized carbons (Fsp3) is 0.458. The van der Waals surface area contributed by atoms with E-state index in [-0.39, 0.29) is 23.0 Å². The lowest BCUT2D eigenvalue weighted by Gasteiger charge is -2.51. The third-order valence-electron chi connectivity index (χ3n) is 6.25. The van der Waals surface area contributed by atoms with Crippen LogP contribution >= 0.6 is 0 Å². The Kier molecular flexibility index (Phi) is 4.38. The van der Waals surface area contributed by atoms with Gasteiger partial charge in [0.1, 0.15) is 6.10 Å². The average Bonchev–Trinajstić information content (AvgIpc) is 3.16. The van der Waals surface area contributed by atoms with Gasteiger partial charge < -0.3 is 9.64 Å². The Morgan fingerprint density at radius 3 is 2.44 bits per heavy atom. The summed E-state index contributed by atoms with van der Waals surface area (Å²) in [6.45, 7) is 9.48. The lowest BCUT2D eigenvalue weighted by Crippen LogP contribution is -2.58.